The van der Waals surface area contributed by atoms with Crippen LogP contribution in [-0.2, 0) is 6.42 Å². The molecule has 1 aromatic carbocycles. The van der Waals surface area contributed by atoms with Crippen LogP contribution in [0.25, 0.3) is 0 Å². The molecule has 0 radical (unpaired) electrons. The van der Waals surface area contributed by atoms with Crippen molar-refractivity contribution in [1.82, 2.24) is 0 Å². The van der Waals surface area contributed by atoms with Gasteiger partial charge in [-0.2, -0.15) is 0 Å². The number of benzene rings is 1. The lowest BCUT2D eigenvalue weighted by atomic mass is 10.1. The molecule has 0 amide bonds. The number of carbonyl (C=O) groups excluding carboxylic acids is 1. The highest BCUT2D eigenvalue weighted by atomic mass is 32.2. The second-order valence-electron chi connectivity index (χ2n) is 4.22. The van der Waals surface area contributed by atoms with Crippen molar-refractivity contribution in [1.29, 1.82) is 0 Å². The molecule has 2 rings (SSSR count). The maximum Gasteiger partial charge on any atom is 0.151 e. The Bertz CT molecular complexity index is 588. The molecule has 0 aliphatic heterocycles. The summed E-state index contributed by atoms with van der Waals surface area (Å²) >= 11 is 3.36. The molecule has 0 unspecified atom stereocenters. The summed E-state index contributed by atoms with van der Waals surface area (Å²) in [5.74, 6) is 0.897. The van der Waals surface area contributed by atoms with Crippen LogP contribution in [0.2, 0.25) is 0 Å². The summed E-state index contributed by atoms with van der Waals surface area (Å²) in [5.41, 5.74) is 2.01. The highest BCUT2D eigenvalue weighted by molar-refractivity contribution is 7.98. The molecule has 0 fully saturated rings. The van der Waals surface area contributed by atoms with Crippen LogP contribution in [0.4, 0.5) is 0 Å². The number of rotatable bonds is 5. The summed E-state index contributed by atoms with van der Waals surface area (Å²) in [6.07, 6.45) is 3.77. The predicted octanol–water partition coefficient (Wildman–Crippen LogP) is 4.19. The van der Waals surface area contributed by atoms with Crippen LogP contribution in [0.15, 0.2) is 29.2 Å². The van der Waals surface area contributed by atoms with E-state index in [1.54, 1.807) is 30.2 Å². The Morgan fingerprint density at radius 3 is 2.79 bits per heavy atom. The third kappa shape index (κ3) is 3.19. The van der Waals surface area contributed by atoms with E-state index in [0.717, 1.165) is 33.8 Å². The molecule has 19 heavy (non-hydrogen) atoms. The second kappa shape index (κ2) is 6.26. The number of hydrogen-bond donors (Lipinski definition) is 0. The third-order valence-corrected chi connectivity index (χ3v) is 4.73. The molecule has 4 heteroatoms. The van der Waals surface area contributed by atoms with Gasteiger partial charge in [0, 0.05) is 26.6 Å². The second-order valence-corrected chi connectivity index (χ2v) is 6.41. The van der Waals surface area contributed by atoms with Gasteiger partial charge in [-0.05, 0) is 36.9 Å². The fourth-order valence-corrected chi connectivity index (χ4v) is 3.66. The van der Waals surface area contributed by atoms with Crippen molar-refractivity contribution in [2.75, 3.05) is 13.4 Å². The molecule has 0 aliphatic carbocycles. The molecule has 0 N–H and O–H groups in total. The minimum absolute atomic E-state index is 0.796. The predicted molar refractivity (Wildman–Crippen MR) is 82.0 cm³/mol. The number of thioether (sulfide) groups is 1. The van der Waals surface area contributed by atoms with Crippen LogP contribution in [0.5, 0.6) is 5.75 Å². The minimum atomic E-state index is 0.796. The molecule has 0 aliphatic rings. The maximum atomic E-state index is 11.0. The molecule has 0 bridgehead atoms. The van der Waals surface area contributed by atoms with Crippen LogP contribution in [0, 0.1) is 6.92 Å². The Kier molecular flexibility index (Phi) is 4.66. The van der Waals surface area contributed by atoms with Gasteiger partial charge in [0.15, 0.2) is 6.29 Å². The topological polar surface area (TPSA) is 26.3 Å². The molecule has 0 saturated carbocycles. The van der Waals surface area contributed by atoms with Crippen molar-refractivity contribution < 1.29 is 9.53 Å². The molecule has 2 nitrogen and oxygen atoms in total. The standard InChI is InChI=1S/C15H16O2S2/c1-10-6-12(9-16)14(19-10)7-11-4-5-13(17-2)15(8-11)18-3/h4-6,8-9H,7H2,1-3H3. The smallest absolute Gasteiger partial charge is 0.151 e. The number of aryl methyl sites for hydroxylation is 1. The quantitative estimate of drug-likeness (QED) is 0.610. The Balaban J connectivity index is 2.30. The SMILES string of the molecule is COc1ccc(Cc2sc(C)cc2C=O)cc1SC. The van der Waals surface area contributed by atoms with E-state index in [-0.39, 0.29) is 0 Å². The van der Waals surface area contributed by atoms with Gasteiger partial charge in [-0.25, -0.2) is 0 Å². The monoisotopic (exact) mass is 292 g/mol. The molecule has 0 spiro atoms. The number of carbonyl (C=O) groups is 1. The molecule has 0 saturated heterocycles. The van der Waals surface area contributed by atoms with Crippen molar-refractivity contribution in [3.8, 4) is 5.75 Å². The molecule has 1 aromatic heterocycles. The van der Waals surface area contributed by atoms with Gasteiger partial charge in [0.1, 0.15) is 5.75 Å². The van der Waals surface area contributed by atoms with Gasteiger partial charge < -0.3 is 4.74 Å². The Hall–Kier alpha value is -1.26. The third-order valence-electron chi connectivity index (χ3n) is 2.90. The largest absolute Gasteiger partial charge is 0.496 e. The summed E-state index contributed by atoms with van der Waals surface area (Å²) in [5, 5.41) is 0. The first-order chi connectivity index (χ1) is 9.17. The minimum Gasteiger partial charge on any atom is -0.496 e. The summed E-state index contributed by atoms with van der Waals surface area (Å²) in [4.78, 5) is 14.5. The van der Waals surface area contributed by atoms with Gasteiger partial charge in [-0.3, -0.25) is 4.79 Å². The summed E-state index contributed by atoms with van der Waals surface area (Å²) in [6.45, 7) is 2.03. The molecular formula is C15H16O2S2. The zero-order valence-electron chi connectivity index (χ0n) is 11.2. The van der Waals surface area contributed by atoms with Crippen molar-refractivity contribution in [2.45, 2.75) is 18.2 Å². The Labute approximate surface area is 121 Å². The van der Waals surface area contributed by atoms with E-state index in [1.165, 1.54) is 10.4 Å². The van der Waals surface area contributed by atoms with E-state index in [1.807, 2.05) is 25.3 Å². The van der Waals surface area contributed by atoms with Crippen molar-refractivity contribution in [2.24, 2.45) is 0 Å². The molecule has 0 atom stereocenters. The number of thiophene rings is 1. The van der Waals surface area contributed by atoms with Gasteiger partial charge in [0.25, 0.3) is 0 Å². The average molecular weight is 292 g/mol. The lowest BCUT2D eigenvalue weighted by Crippen LogP contribution is -1.92. The van der Waals surface area contributed by atoms with Crippen LogP contribution >= 0.6 is 23.1 Å². The van der Waals surface area contributed by atoms with Gasteiger partial charge in [-0.15, -0.1) is 23.1 Å². The van der Waals surface area contributed by atoms with Crippen LogP contribution in [-0.4, -0.2) is 19.7 Å². The fourth-order valence-electron chi connectivity index (χ4n) is 2.00. The zero-order valence-corrected chi connectivity index (χ0v) is 12.9. The van der Waals surface area contributed by atoms with Crippen molar-refractivity contribution in [3.63, 3.8) is 0 Å². The molecule has 2 aromatic rings. The van der Waals surface area contributed by atoms with E-state index in [4.69, 9.17) is 4.74 Å². The van der Waals surface area contributed by atoms with Gasteiger partial charge in [0.2, 0.25) is 0 Å². The Morgan fingerprint density at radius 1 is 1.37 bits per heavy atom. The van der Waals surface area contributed by atoms with Gasteiger partial charge in [-0.1, -0.05) is 6.07 Å². The number of ether oxygens (including phenoxy) is 1. The molecule has 100 valence electrons. The first-order valence-corrected chi connectivity index (χ1v) is 7.97. The van der Waals surface area contributed by atoms with E-state index in [2.05, 4.69) is 12.1 Å². The van der Waals surface area contributed by atoms with E-state index in [0.29, 0.717) is 0 Å². The number of methoxy groups -OCH3 is 1. The fraction of sp³-hybridized carbons (Fsp3) is 0.267. The number of aldehydes is 1. The number of hydrogen-bond acceptors (Lipinski definition) is 4. The normalized spacial score (nSPS) is 10.5. The van der Waals surface area contributed by atoms with Gasteiger partial charge >= 0.3 is 0 Å². The zero-order chi connectivity index (χ0) is 13.8. The van der Waals surface area contributed by atoms with E-state index in [9.17, 15) is 4.79 Å². The van der Waals surface area contributed by atoms with Crippen molar-refractivity contribution in [3.05, 3.63) is 45.1 Å². The van der Waals surface area contributed by atoms with Crippen molar-refractivity contribution >= 4 is 29.4 Å². The summed E-state index contributed by atoms with van der Waals surface area (Å²) < 4.78 is 5.32. The summed E-state index contributed by atoms with van der Waals surface area (Å²) in [6, 6.07) is 8.13. The maximum absolute atomic E-state index is 11.0. The van der Waals surface area contributed by atoms with E-state index < -0.39 is 0 Å². The average Bonchev–Trinajstić information content (AvgIpc) is 2.78. The van der Waals surface area contributed by atoms with Crippen LogP contribution in [0.1, 0.15) is 25.7 Å². The lowest BCUT2D eigenvalue weighted by molar-refractivity contribution is 0.112. The highest BCUT2D eigenvalue weighted by Crippen LogP contribution is 2.30. The van der Waals surface area contributed by atoms with Gasteiger partial charge in [0.05, 0.1) is 7.11 Å². The summed E-state index contributed by atoms with van der Waals surface area (Å²) in [7, 11) is 1.68. The first kappa shape index (κ1) is 14.2. The Morgan fingerprint density at radius 2 is 2.16 bits per heavy atom. The highest BCUT2D eigenvalue weighted by Gasteiger charge is 2.09. The lowest BCUT2D eigenvalue weighted by Gasteiger charge is -2.08. The first-order valence-electron chi connectivity index (χ1n) is 5.93. The molecule has 1 heterocycles. The van der Waals surface area contributed by atoms with Crippen LogP contribution in [0.3, 0.4) is 0 Å². The van der Waals surface area contributed by atoms with E-state index >= 15 is 0 Å². The van der Waals surface area contributed by atoms with Crippen LogP contribution < -0.4 is 4.74 Å². The molecular weight excluding hydrogens is 276 g/mol.